The fourth-order valence-electron chi connectivity index (χ4n) is 4.31. The number of rotatable bonds is 4. The Morgan fingerprint density at radius 2 is 1.90 bits per heavy atom. The van der Waals surface area contributed by atoms with E-state index in [1.54, 1.807) is 37.4 Å². The van der Waals surface area contributed by atoms with E-state index in [2.05, 4.69) is 15.3 Å². The van der Waals surface area contributed by atoms with Crippen molar-refractivity contribution in [2.45, 2.75) is 38.5 Å². The number of piperidine rings is 1. The molecule has 1 fully saturated rings. The second kappa shape index (κ2) is 10.6. The number of esters is 1. The molecule has 0 bridgehead atoms. The lowest BCUT2D eigenvalue weighted by Gasteiger charge is -2.29. The molecular weight excluding hydrogens is 525 g/mol. The highest BCUT2D eigenvalue weighted by molar-refractivity contribution is 6.06. The van der Waals surface area contributed by atoms with Gasteiger partial charge in [-0.05, 0) is 43.2 Å². The standard InChI is InChI=1S/C23H20N4O5.C2HF3O2/c1-2-32-23(31)16-10-13-7-8-24-19(20(13)25-16)12-3-4-15-14(9-12)11-27(22(15)30)17-5-6-18(28)26-21(17)29;3-2(4,5)1(6)7/h3-4,7-10,17,25H,2,5-6,11H2,1H3,(H,26,28,29);(H,6,7). The molecule has 11 nitrogen and oxygen atoms in total. The molecule has 3 aromatic rings. The number of hydrogen-bond acceptors (Lipinski definition) is 7. The van der Waals surface area contributed by atoms with E-state index in [0.29, 0.717) is 28.9 Å². The van der Waals surface area contributed by atoms with Gasteiger partial charge in [-0.2, -0.15) is 13.2 Å². The number of nitrogens with one attached hydrogen (secondary N) is 2. The smallest absolute Gasteiger partial charge is 0.475 e. The Morgan fingerprint density at radius 1 is 1.18 bits per heavy atom. The Kier molecular flexibility index (Phi) is 7.38. The maximum Gasteiger partial charge on any atom is 0.490 e. The van der Waals surface area contributed by atoms with E-state index in [1.807, 2.05) is 6.07 Å². The first-order valence-corrected chi connectivity index (χ1v) is 11.6. The van der Waals surface area contributed by atoms with E-state index in [0.717, 1.165) is 16.5 Å². The molecule has 1 unspecified atom stereocenters. The van der Waals surface area contributed by atoms with Crippen LogP contribution in [0.3, 0.4) is 0 Å². The predicted octanol–water partition coefficient (Wildman–Crippen LogP) is 2.80. The van der Waals surface area contributed by atoms with Gasteiger partial charge in [0.2, 0.25) is 11.8 Å². The Hall–Kier alpha value is -4.75. The molecule has 3 N–H and O–H groups in total. The van der Waals surface area contributed by atoms with Crippen LogP contribution in [0, 0.1) is 0 Å². The van der Waals surface area contributed by atoms with Gasteiger partial charge in [0, 0.05) is 35.7 Å². The second-order valence-corrected chi connectivity index (χ2v) is 8.60. The third kappa shape index (κ3) is 5.58. The fourth-order valence-corrected chi connectivity index (χ4v) is 4.31. The lowest BCUT2D eigenvalue weighted by molar-refractivity contribution is -0.192. The molecule has 14 heteroatoms. The Balaban J connectivity index is 0.000000448. The summed E-state index contributed by atoms with van der Waals surface area (Å²) in [4.78, 5) is 66.7. The number of hydrogen-bond donors (Lipinski definition) is 3. The average molecular weight is 546 g/mol. The van der Waals surface area contributed by atoms with Crippen molar-refractivity contribution in [2.24, 2.45) is 0 Å². The molecule has 1 saturated heterocycles. The summed E-state index contributed by atoms with van der Waals surface area (Å²) in [5.74, 6) is -4.17. The number of imide groups is 1. The molecule has 2 aromatic heterocycles. The summed E-state index contributed by atoms with van der Waals surface area (Å²) in [7, 11) is 0. The van der Waals surface area contributed by atoms with Gasteiger partial charge in [-0.1, -0.05) is 6.07 Å². The summed E-state index contributed by atoms with van der Waals surface area (Å²) in [6, 6.07) is 8.28. The molecule has 39 heavy (non-hydrogen) atoms. The summed E-state index contributed by atoms with van der Waals surface area (Å²) in [6.07, 6.45) is -2.89. The number of amides is 3. The molecule has 0 radical (unpaired) electrons. The molecule has 0 aliphatic carbocycles. The van der Waals surface area contributed by atoms with E-state index < -0.39 is 30.1 Å². The first kappa shape index (κ1) is 27.3. The molecule has 3 amide bonds. The van der Waals surface area contributed by atoms with Crippen LogP contribution in [0.5, 0.6) is 0 Å². The zero-order valence-electron chi connectivity index (χ0n) is 20.3. The topological polar surface area (TPSA) is 159 Å². The molecule has 2 aliphatic rings. The van der Waals surface area contributed by atoms with Gasteiger partial charge in [0.05, 0.1) is 17.8 Å². The molecular formula is C25H21F3N4O7. The molecule has 2 aliphatic heterocycles. The minimum Gasteiger partial charge on any atom is -0.475 e. The molecule has 5 rings (SSSR count). The Labute approximate surface area is 217 Å². The quantitative estimate of drug-likeness (QED) is 0.333. The number of benzene rings is 1. The van der Waals surface area contributed by atoms with E-state index >= 15 is 0 Å². The summed E-state index contributed by atoms with van der Waals surface area (Å²) in [6.45, 7) is 2.31. The highest BCUT2D eigenvalue weighted by atomic mass is 19.4. The van der Waals surface area contributed by atoms with Crippen molar-refractivity contribution in [3.8, 4) is 11.3 Å². The maximum atomic E-state index is 12.9. The van der Waals surface area contributed by atoms with E-state index in [1.165, 1.54) is 4.90 Å². The highest BCUT2D eigenvalue weighted by Crippen LogP contribution is 2.33. The van der Waals surface area contributed by atoms with Crippen molar-refractivity contribution >= 4 is 40.6 Å². The second-order valence-electron chi connectivity index (χ2n) is 8.60. The van der Waals surface area contributed by atoms with Gasteiger partial charge in [-0.15, -0.1) is 0 Å². The SMILES string of the molecule is CCOC(=O)c1cc2ccnc(-c3ccc4c(c3)CN(C3CCC(=O)NC3=O)C4=O)c2[nH]1.O=C(O)C(F)(F)F. The number of aliphatic carboxylic acids is 1. The molecule has 1 aromatic carbocycles. The number of aromatic nitrogens is 2. The number of nitrogens with zero attached hydrogens (tertiary/aromatic N) is 2. The van der Waals surface area contributed by atoms with Crippen LogP contribution in [0.1, 0.15) is 46.2 Å². The van der Waals surface area contributed by atoms with Crippen molar-refractivity contribution in [1.29, 1.82) is 0 Å². The summed E-state index contributed by atoms with van der Waals surface area (Å²) < 4.78 is 36.8. The Bertz CT molecular complexity index is 1500. The molecule has 204 valence electrons. The zero-order chi connectivity index (χ0) is 28.5. The van der Waals surface area contributed by atoms with Crippen LogP contribution in [0.25, 0.3) is 22.2 Å². The number of halogens is 3. The third-order valence-corrected chi connectivity index (χ3v) is 6.08. The summed E-state index contributed by atoms with van der Waals surface area (Å²) >= 11 is 0. The Morgan fingerprint density at radius 3 is 2.54 bits per heavy atom. The van der Waals surface area contributed by atoms with Crippen LogP contribution in [0.4, 0.5) is 13.2 Å². The third-order valence-electron chi connectivity index (χ3n) is 6.08. The van der Waals surface area contributed by atoms with Gasteiger partial charge in [-0.3, -0.25) is 24.7 Å². The van der Waals surface area contributed by atoms with Gasteiger partial charge < -0.3 is 19.7 Å². The first-order chi connectivity index (χ1) is 18.4. The average Bonchev–Trinajstić information content (AvgIpc) is 3.45. The fraction of sp³-hybridized carbons (Fsp3) is 0.280. The van der Waals surface area contributed by atoms with Crippen molar-refractivity contribution < 1.29 is 47.0 Å². The van der Waals surface area contributed by atoms with Gasteiger partial charge in [0.25, 0.3) is 5.91 Å². The number of carbonyl (C=O) groups excluding carboxylic acids is 4. The lowest BCUT2D eigenvalue weighted by atomic mass is 10.0. The monoisotopic (exact) mass is 546 g/mol. The number of carbonyl (C=O) groups is 5. The number of ether oxygens (including phenoxy) is 1. The number of carboxylic acids is 1. The van der Waals surface area contributed by atoms with Crippen molar-refractivity contribution in [3.63, 3.8) is 0 Å². The number of alkyl halides is 3. The molecule has 1 atom stereocenters. The number of carboxylic acid groups (broad SMARTS) is 1. The van der Waals surface area contributed by atoms with E-state index in [-0.39, 0.29) is 31.4 Å². The van der Waals surface area contributed by atoms with E-state index in [4.69, 9.17) is 14.6 Å². The zero-order valence-corrected chi connectivity index (χ0v) is 20.3. The van der Waals surface area contributed by atoms with Crippen LogP contribution >= 0.6 is 0 Å². The molecule has 4 heterocycles. The van der Waals surface area contributed by atoms with Crippen molar-refractivity contribution in [1.82, 2.24) is 20.2 Å². The van der Waals surface area contributed by atoms with Crippen LogP contribution in [-0.2, 0) is 25.7 Å². The minimum absolute atomic E-state index is 0.212. The van der Waals surface area contributed by atoms with Crippen LogP contribution in [0.15, 0.2) is 36.5 Å². The van der Waals surface area contributed by atoms with E-state index in [9.17, 15) is 32.3 Å². The highest BCUT2D eigenvalue weighted by Gasteiger charge is 2.39. The van der Waals surface area contributed by atoms with Crippen molar-refractivity contribution in [2.75, 3.05) is 6.61 Å². The number of pyridine rings is 1. The first-order valence-electron chi connectivity index (χ1n) is 11.6. The van der Waals surface area contributed by atoms with Crippen LogP contribution in [0.2, 0.25) is 0 Å². The largest absolute Gasteiger partial charge is 0.490 e. The maximum absolute atomic E-state index is 12.9. The number of H-pyrrole nitrogens is 1. The summed E-state index contributed by atoms with van der Waals surface area (Å²) in [5, 5.41) is 10.3. The normalized spacial score (nSPS) is 16.9. The van der Waals surface area contributed by atoms with Gasteiger partial charge in [-0.25, -0.2) is 9.59 Å². The minimum atomic E-state index is -5.08. The predicted molar refractivity (Wildman–Crippen MR) is 127 cm³/mol. The summed E-state index contributed by atoms with van der Waals surface area (Å²) in [5.41, 5.74) is 3.79. The van der Waals surface area contributed by atoms with Crippen LogP contribution in [-0.4, -0.2) is 68.5 Å². The van der Waals surface area contributed by atoms with Gasteiger partial charge in [0.15, 0.2) is 0 Å². The van der Waals surface area contributed by atoms with Crippen molar-refractivity contribution in [3.05, 3.63) is 53.3 Å². The molecule has 0 saturated carbocycles. The van der Waals surface area contributed by atoms with Gasteiger partial charge >= 0.3 is 18.1 Å². The lowest BCUT2D eigenvalue weighted by Crippen LogP contribution is -2.52. The van der Waals surface area contributed by atoms with Crippen LogP contribution < -0.4 is 5.32 Å². The molecule has 0 spiro atoms. The van der Waals surface area contributed by atoms with Gasteiger partial charge in [0.1, 0.15) is 11.7 Å². The number of fused-ring (bicyclic) bond motifs is 2. The number of aromatic amines is 1.